The summed E-state index contributed by atoms with van der Waals surface area (Å²) in [5, 5.41) is 0. The van der Waals surface area contributed by atoms with Crippen LogP contribution in [0.15, 0.2) is 46.9 Å². The van der Waals surface area contributed by atoms with Crippen LogP contribution in [0.1, 0.15) is 33.7 Å². The van der Waals surface area contributed by atoms with Gasteiger partial charge in [0.1, 0.15) is 0 Å². The van der Waals surface area contributed by atoms with E-state index in [2.05, 4.69) is 78.3 Å². The first-order chi connectivity index (χ1) is 8.66. The zero-order valence-electron chi connectivity index (χ0n) is 10.6. The Hall–Kier alpha value is -1.34. The molecule has 90 valence electrons. The Labute approximate surface area is 116 Å². The van der Waals surface area contributed by atoms with Crippen molar-refractivity contribution in [3.63, 3.8) is 0 Å². The number of rotatable bonds is 1. The van der Waals surface area contributed by atoms with Crippen LogP contribution in [0, 0.1) is 13.8 Å². The van der Waals surface area contributed by atoms with Crippen molar-refractivity contribution in [2.75, 3.05) is 0 Å². The molecule has 2 aromatic carbocycles. The van der Waals surface area contributed by atoms with Crippen molar-refractivity contribution in [2.45, 2.75) is 19.8 Å². The third-order valence-electron chi connectivity index (χ3n) is 3.59. The standard InChI is InChI=1S/C17H15Br/c1-11-5-3-7-13(9-11)17-15(18)10-14-8-4-6-12(2)16(14)17/h3-10,17H,1-2H3. The topological polar surface area (TPSA) is 0 Å². The van der Waals surface area contributed by atoms with Gasteiger partial charge in [0.2, 0.25) is 0 Å². The highest BCUT2D eigenvalue weighted by Gasteiger charge is 2.26. The van der Waals surface area contributed by atoms with Gasteiger partial charge in [0.25, 0.3) is 0 Å². The molecule has 1 unspecified atom stereocenters. The number of benzene rings is 2. The summed E-state index contributed by atoms with van der Waals surface area (Å²) >= 11 is 3.74. The number of aryl methyl sites for hydroxylation is 2. The highest BCUT2D eigenvalue weighted by Crippen LogP contribution is 2.45. The molecular weight excluding hydrogens is 284 g/mol. The van der Waals surface area contributed by atoms with E-state index in [0.717, 1.165) is 0 Å². The zero-order chi connectivity index (χ0) is 12.7. The van der Waals surface area contributed by atoms with Crippen LogP contribution in [-0.2, 0) is 0 Å². The summed E-state index contributed by atoms with van der Waals surface area (Å²) in [5.41, 5.74) is 6.83. The molecule has 3 rings (SSSR count). The predicted molar refractivity (Wildman–Crippen MR) is 81.1 cm³/mol. The maximum Gasteiger partial charge on any atom is 0.0414 e. The minimum absolute atomic E-state index is 0.362. The molecule has 0 radical (unpaired) electrons. The summed E-state index contributed by atoms with van der Waals surface area (Å²) in [6, 6.07) is 15.3. The fourth-order valence-corrected chi connectivity index (χ4v) is 3.51. The van der Waals surface area contributed by atoms with Gasteiger partial charge in [0, 0.05) is 10.4 Å². The Balaban J connectivity index is 2.18. The summed E-state index contributed by atoms with van der Waals surface area (Å²) in [7, 11) is 0. The number of hydrogen-bond donors (Lipinski definition) is 0. The second-order valence-corrected chi connectivity index (χ2v) is 5.87. The Kier molecular flexibility index (Phi) is 2.87. The smallest absolute Gasteiger partial charge is 0.0414 e. The highest BCUT2D eigenvalue weighted by atomic mass is 79.9. The van der Waals surface area contributed by atoms with Crippen molar-refractivity contribution in [1.29, 1.82) is 0 Å². The Morgan fingerprint density at radius 3 is 2.56 bits per heavy atom. The summed E-state index contributed by atoms with van der Waals surface area (Å²) in [6.07, 6.45) is 2.25. The van der Waals surface area contributed by atoms with E-state index in [0.29, 0.717) is 5.92 Å². The van der Waals surface area contributed by atoms with Gasteiger partial charge < -0.3 is 0 Å². The minimum Gasteiger partial charge on any atom is -0.0617 e. The van der Waals surface area contributed by atoms with E-state index in [1.807, 2.05) is 0 Å². The average Bonchev–Trinajstić information content (AvgIpc) is 2.67. The van der Waals surface area contributed by atoms with Crippen LogP contribution in [0.2, 0.25) is 0 Å². The van der Waals surface area contributed by atoms with Gasteiger partial charge in [0.15, 0.2) is 0 Å². The van der Waals surface area contributed by atoms with E-state index in [9.17, 15) is 0 Å². The molecule has 2 aromatic rings. The number of halogens is 1. The highest BCUT2D eigenvalue weighted by molar-refractivity contribution is 9.11. The van der Waals surface area contributed by atoms with E-state index in [-0.39, 0.29) is 0 Å². The molecule has 0 fully saturated rings. The number of fused-ring (bicyclic) bond motifs is 1. The van der Waals surface area contributed by atoms with Crippen LogP contribution in [-0.4, -0.2) is 0 Å². The lowest BCUT2D eigenvalue weighted by molar-refractivity contribution is 1.02. The van der Waals surface area contributed by atoms with Crippen LogP contribution in [0.4, 0.5) is 0 Å². The van der Waals surface area contributed by atoms with Crippen molar-refractivity contribution < 1.29 is 0 Å². The zero-order valence-corrected chi connectivity index (χ0v) is 12.2. The molecule has 0 aromatic heterocycles. The first-order valence-corrected chi connectivity index (χ1v) is 6.99. The molecule has 0 nitrogen and oxygen atoms in total. The van der Waals surface area contributed by atoms with Gasteiger partial charge in [-0.25, -0.2) is 0 Å². The van der Waals surface area contributed by atoms with Gasteiger partial charge in [-0.2, -0.15) is 0 Å². The molecule has 1 aliphatic rings. The van der Waals surface area contributed by atoms with Crippen molar-refractivity contribution in [3.8, 4) is 0 Å². The Bertz CT molecular complexity index is 638. The summed E-state index contributed by atoms with van der Waals surface area (Å²) < 4.78 is 1.26. The SMILES string of the molecule is Cc1cccc(C2C(Br)=Cc3cccc(C)c32)c1. The Morgan fingerprint density at radius 1 is 1.00 bits per heavy atom. The van der Waals surface area contributed by atoms with Crippen LogP contribution < -0.4 is 0 Å². The average molecular weight is 299 g/mol. The number of hydrogen-bond acceptors (Lipinski definition) is 0. The molecule has 0 amide bonds. The largest absolute Gasteiger partial charge is 0.0617 e. The van der Waals surface area contributed by atoms with Crippen LogP contribution >= 0.6 is 15.9 Å². The van der Waals surface area contributed by atoms with Crippen LogP contribution in [0.3, 0.4) is 0 Å². The molecule has 0 aliphatic heterocycles. The lowest BCUT2D eigenvalue weighted by Crippen LogP contribution is -2.01. The molecule has 18 heavy (non-hydrogen) atoms. The minimum atomic E-state index is 0.362. The van der Waals surface area contributed by atoms with Gasteiger partial charge in [-0.3, -0.25) is 0 Å². The van der Waals surface area contributed by atoms with E-state index < -0.39 is 0 Å². The normalized spacial score (nSPS) is 17.5. The summed E-state index contributed by atoms with van der Waals surface area (Å²) in [6.45, 7) is 4.34. The van der Waals surface area contributed by atoms with Crippen molar-refractivity contribution in [2.24, 2.45) is 0 Å². The van der Waals surface area contributed by atoms with Gasteiger partial charge in [-0.05, 0) is 42.2 Å². The third-order valence-corrected chi connectivity index (χ3v) is 4.28. The molecule has 0 N–H and O–H groups in total. The number of allylic oxidation sites excluding steroid dienone is 1. The maximum atomic E-state index is 3.74. The molecule has 0 spiro atoms. The molecule has 0 saturated carbocycles. The van der Waals surface area contributed by atoms with Crippen molar-refractivity contribution in [1.82, 2.24) is 0 Å². The van der Waals surface area contributed by atoms with Crippen LogP contribution in [0.5, 0.6) is 0 Å². The first kappa shape index (κ1) is 11.7. The molecule has 1 aliphatic carbocycles. The van der Waals surface area contributed by atoms with Gasteiger partial charge in [0.05, 0.1) is 0 Å². The third kappa shape index (κ3) is 1.83. The summed E-state index contributed by atoms with van der Waals surface area (Å²) in [4.78, 5) is 0. The monoisotopic (exact) mass is 298 g/mol. The van der Waals surface area contributed by atoms with Gasteiger partial charge in [-0.1, -0.05) is 64.0 Å². The van der Waals surface area contributed by atoms with E-state index in [4.69, 9.17) is 0 Å². The van der Waals surface area contributed by atoms with Crippen molar-refractivity contribution in [3.05, 3.63) is 74.8 Å². The van der Waals surface area contributed by atoms with Crippen molar-refractivity contribution >= 4 is 22.0 Å². The quantitative estimate of drug-likeness (QED) is 0.680. The predicted octanol–water partition coefficient (Wildman–Crippen LogP) is 5.18. The lowest BCUT2D eigenvalue weighted by atomic mass is 9.89. The van der Waals surface area contributed by atoms with E-state index in [1.165, 1.54) is 32.3 Å². The Morgan fingerprint density at radius 2 is 1.78 bits per heavy atom. The van der Waals surface area contributed by atoms with E-state index in [1.54, 1.807) is 0 Å². The summed E-state index contributed by atoms with van der Waals surface area (Å²) in [5.74, 6) is 0.362. The maximum absolute atomic E-state index is 3.74. The fourth-order valence-electron chi connectivity index (χ4n) is 2.77. The lowest BCUT2D eigenvalue weighted by Gasteiger charge is -2.17. The molecule has 0 heterocycles. The fraction of sp³-hybridized carbons (Fsp3) is 0.176. The van der Waals surface area contributed by atoms with E-state index >= 15 is 0 Å². The second kappa shape index (κ2) is 4.40. The second-order valence-electron chi connectivity index (χ2n) is 4.95. The molecule has 0 saturated heterocycles. The molecule has 1 heteroatoms. The van der Waals surface area contributed by atoms with Gasteiger partial charge >= 0.3 is 0 Å². The molecule has 1 atom stereocenters. The molecular formula is C17H15Br. The first-order valence-electron chi connectivity index (χ1n) is 6.20. The van der Waals surface area contributed by atoms with Crippen LogP contribution in [0.25, 0.3) is 6.08 Å². The van der Waals surface area contributed by atoms with Gasteiger partial charge in [-0.15, -0.1) is 0 Å². The molecule has 0 bridgehead atoms.